The van der Waals surface area contributed by atoms with Gasteiger partial charge in [0.25, 0.3) is 0 Å². The van der Waals surface area contributed by atoms with Gasteiger partial charge in [0, 0.05) is 6.92 Å². The number of hydrogen-bond acceptors (Lipinski definition) is 6. The Balaban J connectivity index is 2.60. The number of amides is 2. The molecule has 8 nitrogen and oxygen atoms in total. The zero-order valence-corrected chi connectivity index (χ0v) is 10.8. The van der Waals surface area contributed by atoms with Crippen LogP contribution in [0.3, 0.4) is 0 Å². The Hall–Kier alpha value is -2.00. The summed E-state index contributed by atoms with van der Waals surface area (Å²) in [6, 6.07) is 6.56. The second-order valence-electron chi connectivity index (χ2n) is 4.04. The van der Waals surface area contributed by atoms with Crippen molar-refractivity contribution in [1.82, 2.24) is 10.9 Å². The average Bonchev–Trinajstić information content (AvgIpc) is 2.44. The summed E-state index contributed by atoms with van der Waals surface area (Å²) in [5, 5.41) is 17.2. The van der Waals surface area contributed by atoms with Crippen molar-refractivity contribution in [2.45, 2.75) is 26.1 Å². The molecule has 0 aliphatic rings. The first-order chi connectivity index (χ1) is 9.56. The Kier molecular flexibility index (Phi) is 6.60. The SMILES string of the molecule is CC(=O)NNC(=O)CC(OO)c1ccc(COO)cc1. The van der Waals surface area contributed by atoms with Gasteiger partial charge in [0.05, 0.1) is 6.42 Å². The van der Waals surface area contributed by atoms with E-state index in [0.29, 0.717) is 5.56 Å². The van der Waals surface area contributed by atoms with Gasteiger partial charge in [-0.25, -0.2) is 9.78 Å². The number of hydrogen-bond donors (Lipinski definition) is 4. The monoisotopic (exact) mass is 284 g/mol. The molecular weight excluding hydrogens is 268 g/mol. The Bertz CT molecular complexity index is 448. The van der Waals surface area contributed by atoms with Crippen LogP contribution in [0.15, 0.2) is 24.3 Å². The Morgan fingerprint density at radius 2 is 1.85 bits per heavy atom. The van der Waals surface area contributed by atoms with Crippen LogP contribution in [-0.2, 0) is 26.0 Å². The van der Waals surface area contributed by atoms with E-state index in [2.05, 4.69) is 20.6 Å². The number of carbonyl (C=O) groups excluding carboxylic acids is 2. The molecule has 8 heteroatoms. The van der Waals surface area contributed by atoms with Crippen molar-refractivity contribution in [1.29, 1.82) is 0 Å². The van der Waals surface area contributed by atoms with E-state index in [-0.39, 0.29) is 13.0 Å². The summed E-state index contributed by atoms with van der Waals surface area (Å²) < 4.78 is 0. The van der Waals surface area contributed by atoms with Crippen molar-refractivity contribution < 1.29 is 29.9 Å². The van der Waals surface area contributed by atoms with Crippen LogP contribution in [0.4, 0.5) is 0 Å². The van der Waals surface area contributed by atoms with Crippen molar-refractivity contribution in [3.63, 3.8) is 0 Å². The van der Waals surface area contributed by atoms with Crippen LogP contribution >= 0.6 is 0 Å². The molecule has 20 heavy (non-hydrogen) atoms. The molecule has 110 valence electrons. The number of benzene rings is 1. The molecule has 0 aliphatic heterocycles. The maximum Gasteiger partial charge on any atom is 0.241 e. The minimum atomic E-state index is -0.868. The summed E-state index contributed by atoms with van der Waals surface area (Å²) in [6.07, 6.45) is -1.04. The first-order valence-electron chi connectivity index (χ1n) is 5.77. The van der Waals surface area contributed by atoms with E-state index in [1.54, 1.807) is 24.3 Å². The van der Waals surface area contributed by atoms with E-state index in [0.717, 1.165) is 5.56 Å². The normalized spacial score (nSPS) is 11.8. The molecule has 1 aromatic carbocycles. The van der Waals surface area contributed by atoms with Gasteiger partial charge in [-0.15, -0.1) is 0 Å². The highest BCUT2D eigenvalue weighted by Crippen LogP contribution is 2.20. The van der Waals surface area contributed by atoms with E-state index in [4.69, 9.17) is 10.5 Å². The molecule has 0 heterocycles. The summed E-state index contributed by atoms with van der Waals surface area (Å²) in [5.41, 5.74) is 5.58. The van der Waals surface area contributed by atoms with Crippen LogP contribution in [0.1, 0.15) is 30.6 Å². The quantitative estimate of drug-likeness (QED) is 0.452. The first-order valence-corrected chi connectivity index (χ1v) is 5.77. The molecule has 0 spiro atoms. The molecule has 1 aromatic rings. The van der Waals surface area contributed by atoms with Gasteiger partial charge in [0.1, 0.15) is 12.7 Å². The highest BCUT2D eigenvalue weighted by Gasteiger charge is 2.17. The van der Waals surface area contributed by atoms with Gasteiger partial charge in [-0.05, 0) is 11.1 Å². The summed E-state index contributed by atoms with van der Waals surface area (Å²) >= 11 is 0. The average molecular weight is 284 g/mol. The fraction of sp³-hybridized carbons (Fsp3) is 0.333. The van der Waals surface area contributed by atoms with Crippen LogP contribution in [0.2, 0.25) is 0 Å². The van der Waals surface area contributed by atoms with E-state index in [9.17, 15) is 9.59 Å². The Morgan fingerprint density at radius 1 is 1.20 bits per heavy atom. The molecule has 0 aliphatic carbocycles. The van der Waals surface area contributed by atoms with Crippen LogP contribution in [0.25, 0.3) is 0 Å². The van der Waals surface area contributed by atoms with Crippen LogP contribution in [0.5, 0.6) is 0 Å². The molecule has 4 N–H and O–H groups in total. The van der Waals surface area contributed by atoms with Gasteiger partial charge in [-0.2, -0.15) is 0 Å². The smallest absolute Gasteiger partial charge is 0.241 e. The molecule has 2 amide bonds. The van der Waals surface area contributed by atoms with Gasteiger partial charge in [0.15, 0.2) is 0 Å². The number of hydrazine groups is 1. The molecule has 0 saturated heterocycles. The molecule has 0 radical (unpaired) electrons. The van der Waals surface area contributed by atoms with Gasteiger partial charge in [-0.3, -0.25) is 31.0 Å². The van der Waals surface area contributed by atoms with Gasteiger partial charge < -0.3 is 0 Å². The fourth-order valence-corrected chi connectivity index (χ4v) is 1.50. The lowest BCUT2D eigenvalue weighted by Crippen LogP contribution is -2.40. The first kappa shape index (κ1) is 16.1. The van der Waals surface area contributed by atoms with Crippen molar-refractivity contribution in [3.8, 4) is 0 Å². The maximum absolute atomic E-state index is 11.5. The van der Waals surface area contributed by atoms with E-state index in [1.165, 1.54) is 6.92 Å². The van der Waals surface area contributed by atoms with Crippen LogP contribution in [-0.4, -0.2) is 22.3 Å². The Labute approximate surface area is 115 Å². The third-order valence-corrected chi connectivity index (χ3v) is 2.46. The van der Waals surface area contributed by atoms with Gasteiger partial charge >= 0.3 is 0 Å². The molecule has 1 rings (SSSR count). The van der Waals surface area contributed by atoms with Crippen LogP contribution in [0, 0.1) is 0 Å². The predicted molar refractivity (Wildman–Crippen MR) is 66.9 cm³/mol. The molecule has 1 unspecified atom stereocenters. The highest BCUT2D eigenvalue weighted by atomic mass is 17.1. The second kappa shape index (κ2) is 8.23. The maximum atomic E-state index is 11.5. The molecule has 0 saturated carbocycles. The zero-order chi connectivity index (χ0) is 15.0. The summed E-state index contributed by atoms with van der Waals surface area (Å²) in [4.78, 5) is 30.4. The van der Waals surface area contributed by atoms with Crippen molar-refractivity contribution in [2.24, 2.45) is 0 Å². The lowest BCUT2D eigenvalue weighted by Gasteiger charge is -2.14. The standard InChI is InChI=1S/C12H16N2O6/c1-8(15)13-14-12(16)6-11(20-18)10-4-2-9(3-5-10)7-19-17/h2-5,11,17-18H,6-7H2,1H3,(H,13,15)(H,14,16). The topological polar surface area (TPSA) is 117 Å². The fourth-order valence-electron chi connectivity index (χ4n) is 1.50. The molecule has 0 fully saturated rings. The van der Waals surface area contributed by atoms with E-state index in [1.807, 2.05) is 0 Å². The predicted octanol–water partition coefficient (Wildman–Crippen LogP) is 0.764. The van der Waals surface area contributed by atoms with Crippen LogP contribution < -0.4 is 10.9 Å². The third-order valence-electron chi connectivity index (χ3n) is 2.46. The lowest BCUT2D eigenvalue weighted by atomic mass is 10.0. The summed E-state index contributed by atoms with van der Waals surface area (Å²) in [7, 11) is 0. The van der Waals surface area contributed by atoms with E-state index < -0.39 is 17.9 Å². The second-order valence-corrected chi connectivity index (χ2v) is 4.04. The van der Waals surface area contributed by atoms with Gasteiger partial charge in [0.2, 0.25) is 11.8 Å². The number of rotatable bonds is 6. The molecule has 1 atom stereocenters. The largest absolute Gasteiger partial charge is 0.274 e. The molecule has 0 aromatic heterocycles. The number of nitrogens with one attached hydrogen (secondary N) is 2. The minimum absolute atomic E-state index is 0.0357. The number of carbonyl (C=O) groups is 2. The third kappa shape index (κ3) is 5.33. The van der Waals surface area contributed by atoms with E-state index >= 15 is 0 Å². The minimum Gasteiger partial charge on any atom is -0.274 e. The molecular formula is C12H16N2O6. The van der Waals surface area contributed by atoms with Crippen molar-refractivity contribution in [3.05, 3.63) is 35.4 Å². The highest BCUT2D eigenvalue weighted by molar-refractivity contribution is 5.81. The zero-order valence-electron chi connectivity index (χ0n) is 10.8. The Morgan fingerprint density at radius 3 is 2.35 bits per heavy atom. The van der Waals surface area contributed by atoms with Crippen molar-refractivity contribution in [2.75, 3.05) is 0 Å². The van der Waals surface area contributed by atoms with Crippen molar-refractivity contribution >= 4 is 11.8 Å². The molecule has 0 bridgehead atoms. The summed E-state index contributed by atoms with van der Waals surface area (Å²) in [6.45, 7) is 1.29. The summed E-state index contributed by atoms with van der Waals surface area (Å²) in [5.74, 6) is -0.921. The van der Waals surface area contributed by atoms with Gasteiger partial charge in [-0.1, -0.05) is 24.3 Å². The lowest BCUT2D eigenvalue weighted by molar-refractivity contribution is -0.281.